The monoisotopic (exact) mass is 286 g/mol. The molecule has 0 spiro atoms. The molecular formula is C16H34N2O2. The third kappa shape index (κ3) is 10.1. The summed E-state index contributed by atoms with van der Waals surface area (Å²) in [4.78, 5) is 11.6. The first-order chi connectivity index (χ1) is 9.32. The maximum absolute atomic E-state index is 11.6. The van der Waals surface area contributed by atoms with Crippen LogP contribution >= 0.6 is 0 Å². The lowest BCUT2D eigenvalue weighted by atomic mass is 10.1. The fourth-order valence-electron chi connectivity index (χ4n) is 2.03. The average molecular weight is 286 g/mol. The quantitative estimate of drug-likeness (QED) is 0.677. The summed E-state index contributed by atoms with van der Waals surface area (Å²) in [5.41, 5.74) is -0.438. The SMILES string of the molecule is CCCCC(CC)NC(CC)CNC(=O)OC(C)(C)C. The maximum Gasteiger partial charge on any atom is 0.407 e. The van der Waals surface area contributed by atoms with E-state index in [1.54, 1.807) is 0 Å². The van der Waals surface area contributed by atoms with Gasteiger partial charge in [-0.2, -0.15) is 0 Å². The molecule has 0 bridgehead atoms. The van der Waals surface area contributed by atoms with Crippen LogP contribution in [0.15, 0.2) is 0 Å². The van der Waals surface area contributed by atoms with Crippen molar-refractivity contribution in [2.24, 2.45) is 0 Å². The summed E-state index contributed by atoms with van der Waals surface area (Å²) in [5.74, 6) is 0. The van der Waals surface area contributed by atoms with E-state index in [1.165, 1.54) is 19.3 Å². The van der Waals surface area contributed by atoms with Crippen molar-refractivity contribution in [2.45, 2.75) is 91.3 Å². The van der Waals surface area contributed by atoms with Gasteiger partial charge in [0.15, 0.2) is 0 Å². The zero-order chi connectivity index (χ0) is 15.6. The van der Waals surface area contributed by atoms with Gasteiger partial charge < -0.3 is 15.4 Å². The highest BCUT2D eigenvalue weighted by Gasteiger charge is 2.18. The van der Waals surface area contributed by atoms with Gasteiger partial charge in [-0.15, -0.1) is 0 Å². The van der Waals surface area contributed by atoms with Gasteiger partial charge in [0, 0.05) is 18.6 Å². The van der Waals surface area contributed by atoms with Crippen LogP contribution in [0.4, 0.5) is 4.79 Å². The predicted molar refractivity (Wildman–Crippen MR) is 85.1 cm³/mol. The Hall–Kier alpha value is -0.770. The molecule has 2 N–H and O–H groups in total. The molecule has 0 aliphatic heterocycles. The van der Waals surface area contributed by atoms with Crippen molar-refractivity contribution in [3.63, 3.8) is 0 Å². The number of hydrogen-bond donors (Lipinski definition) is 2. The van der Waals surface area contributed by atoms with Crippen molar-refractivity contribution in [3.05, 3.63) is 0 Å². The van der Waals surface area contributed by atoms with Crippen LogP contribution in [0.25, 0.3) is 0 Å². The lowest BCUT2D eigenvalue weighted by molar-refractivity contribution is 0.0521. The largest absolute Gasteiger partial charge is 0.444 e. The van der Waals surface area contributed by atoms with E-state index < -0.39 is 5.60 Å². The topological polar surface area (TPSA) is 50.4 Å². The second-order valence-electron chi connectivity index (χ2n) is 6.40. The Labute approximate surface area is 125 Å². The molecule has 120 valence electrons. The van der Waals surface area contributed by atoms with E-state index in [-0.39, 0.29) is 6.09 Å². The van der Waals surface area contributed by atoms with Crippen LogP contribution in [0.3, 0.4) is 0 Å². The highest BCUT2D eigenvalue weighted by molar-refractivity contribution is 5.67. The molecule has 0 saturated carbocycles. The van der Waals surface area contributed by atoms with Crippen molar-refractivity contribution in [3.8, 4) is 0 Å². The molecule has 4 nitrogen and oxygen atoms in total. The first-order valence-electron chi connectivity index (χ1n) is 8.05. The van der Waals surface area contributed by atoms with Gasteiger partial charge in [0.1, 0.15) is 5.60 Å². The maximum atomic E-state index is 11.6. The predicted octanol–water partition coefficient (Wildman–Crippen LogP) is 3.85. The smallest absolute Gasteiger partial charge is 0.407 e. The Morgan fingerprint density at radius 3 is 2.15 bits per heavy atom. The number of alkyl carbamates (subject to hydrolysis) is 1. The number of carbonyl (C=O) groups is 1. The molecule has 0 fully saturated rings. The van der Waals surface area contributed by atoms with E-state index in [0.717, 1.165) is 12.8 Å². The first kappa shape index (κ1) is 19.2. The minimum atomic E-state index is -0.438. The molecule has 1 amide bonds. The summed E-state index contributed by atoms with van der Waals surface area (Å²) in [6, 6.07) is 0.852. The van der Waals surface area contributed by atoms with Gasteiger partial charge in [0.2, 0.25) is 0 Å². The molecule has 2 unspecified atom stereocenters. The van der Waals surface area contributed by atoms with Crippen molar-refractivity contribution in [1.29, 1.82) is 0 Å². The summed E-state index contributed by atoms with van der Waals surface area (Å²) < 4.78 is 5.25. The zero-order valence-electron chi connectivity index (χ0n) is 14.2. The lowest BCUT2D eigenvalue weighted by Crippen LogP contribution is -2.46. The minimum absolute atomic E-state index is 0.310. The number of carbonyl (C=O) groups excluding carboxylic acids is 1. The summed E-state index contributed by atoms with van der Waals surface area (Å²) >= 11 is 0. The van der Waals surface area contributed by atoms with Crippen LogP contribution in [0.1, 0.15) is 73.6 Å². The molecule has 0 aromatic carbocycles. The summed E-state index contributed by atoms with van der Waals surface area (Å²) in [6.07, 6.45) is 5.48. The number of unbranched alkanes of at least 4 members (excludes halogenated alkanes) is 1. The molecule has 4 heteroatoms. The van der Waals surface area contributed by atoms with Crippen LogP contribution < -0.4 is 10.6 Å². The van der Waals surface area contributed by atoms with Gasteiger partial charge in [0.05, 0.1) is 0 Å². The molecule has 0 heterocycles. The standard InChI is InChI=1S/C16H34N2O2/c1-7-10-11-13(8-2)18-14(9-3)12-17-15(19)20-16(4,5)6/h13-14,18H,7-12H2,1-6H3,(H,17,19). The van der Waals surface area contributed by atoms with E-state index in [2.05, 4.69) is 31.4 Å². The van der Waals surface area contributed by atoms with E-state index in [4.69, 9.17) is 4.74 Å². The van der Waals surface area contributed by atoms with Crippen LogP contribution in [0, 0.1) is 0 Å². The molecule has 2 atom stereocenters. The zero-order valence-corrected chi connectivity index (χ0v) is 14.2. The van der Waals surface area contributed by atoms with Gasteiger partial charge >= 0.3 is 6.09 Å². The highest BCUT2D eigenvalue weighted by Crippen LogP contribution is 2.08. The van der Waals surface area contributed by atoms with Crippen LogP contribution in [-0.2, 0) is 4.74 Å². The molecule has 0 aliphatic carbocycles. The van der Waals surface area contributed by atoms with Crippen LogP contribution in [0.2, 0.25) is 0 Å². The number of ether oxygens (including phenoxy) is 1. The third-order valence-corrected chi connectivity index (χ3v) is 3.25. The molecule has 0 saturated heterocycles. The first-order valence-corrected chi connectivity index (χ1v) is 8.05. The Bertz CT molecular complexity index is 262. The van der Waals surface area contributed by atoms with Gasteiger partial charge in [-0.1, -0.05) is 33.6 Å². The van der Waals surface area contributed by atoms with E-state index >= 15 is 0 Å². The van der Waals surface area contributed by atoms with Crippen molar-refractivity contribution in [1.82, 2.24) is 10.6 Å². The Balaban J connectivity index is 4.10. The lowest BCUT2D eigenvalue weighted by Gasteiger charge is -2.25. The van der Waals surface area contributed by atoms with E-state index in [1.807, 2.05) is 20.8 Å². The van der Waals surface area contributed by atoms with E-state index in [9.17, 15) is 4.79 Å². The Morgan fingerprint density at radius 1 is 1.10 bits per heavy atom. The molecule has 0 rings (SSSR count). The Morgan fingerprint density at radius 2 is 1.70 bits per heavy atom. The van der Waals surface area contributed by atoms with Crippen molar-refractivity contribution >= 4 is 6.09 Å². The molecule has 0 radical (unpaired) electrons. The van der Waals surface area contributed by atoms with Gasteiger partial charge in [-0.05, 0) is 40.0 Å². The normalized spacial score (nSPS) is 14.7. The number of nitrogens with one attached hydrogen (secondary N) is 2. The summed E-state index contributed by atoms with van der Waals surface area (Å²) in [5, 5.41) is 6.49. The molecule has 0 aliphatic rings. The van der Waals surface area contributed by atoms with Crippen LogP contribution in [-0.4, -0.2) is 30.3 Å². The number of hydrogen-bond acceptors (Lipinski definition) is 3. The second kappa shape index (κ2) is 10.0. The minimum Gasteiger partial charge on any atom is -0.444 e. The fourth-order valence-corrected chi connectivity index (χ4v) is 2.03. The number of amides is 1. The average Bonchev–Trinajstić information content (AvgIpc) is 2.36. The molecular weight excluding hydrogens is 252 g/mol. The van der Waals surface area contributed by atoms with Gasteiger partial charge in [-0.3, -0.25) is 0 Å². The molecule has 0 aromatic rings. The fraction of sp³-hybridized carbons (Fsp3) is 0.938. The van der Waals surface area contributed by atoms with Crippen LogP contribution in [0.5, 0.6) is 0 Å². The van der Waals surface area contributed by atoms with Gasteiger partial charge in [0.25, 0.3) is 0 Å². The highest BCUT2D eigenvalue weighted by atomic mass is 16.6. The van der Waals surface area contributed by atoms with Crippen molar-refractivity contribution < 1.29 is 9.53 Å². The summed E-state index contributed by atoms with van der Waals surface area (Å²) in [7, 11) is 0. The third-order valence-electron chi connectivity index (χ3n) is 3.25. The molecule has 0 aromatic heterocycles. The number of rotatable bonds is 9. The molecule has 20 heavy (non-hydrogen) atoms. The van der Waals surface area contributed by atoms with E-state index in [0.29, 0.717) is 18.6 Å². The van der Waals surface area contributed by atoms with Crippen molar-refractivity contribution in [2.75, 3.05) is 6.54 Å². The van der Waals surface area contributed by atoms with Gasteiger partial charge in [-0.25, -0.2) is 4.79 Å². The Kier molecular flexibility index (Phi) is 9.64. The second-order valence-corrected chi connectivity index (χ2v) is 6.40. The summed E-state index contributed by atoms with van der Waals surface area (Å²) in [6.45, 7) is 12.8.